The van der Waals surface area contributed by atoms with E-state index in [1.807, 2.05) is 0 Å². The topological polar surface area (TPSA) is 98.0 Å². The van der Waals surface area contributed by atoms with Crippen molar-refractivity contribution in [2.24, 2.45) is 0 Å². The molecular formula is C5H10O5. The van der Waals surface area contributed by atoms with Gasteiger partial charge in [-0.3, -0.25) is 0 Å². The van der Waals surface area contributed by atoms with Crippen molar-refractivity contribution in [2.75, 3.05) is 6.61 Å². The summed E-state index contributed by atoms with van der Waals surface area (Å²) in [6.07, 6.45) is -1.30. The van der Waals surface area contributed by atoms with E-state index in [9.17, 15) is 0 Å². The molecule has 10 heavy (non-hydrogen) atoms. The van der Waals surface area contributed by atoms with Crippen LogP contribution in [0.5, 0.6) is 0 Å². The largest absolute Gasteiger partial charge is 0.503 e. The van der Waals surface area contributed by atoms with Crippen LogP contribution in [0, 0.1) is 0 Å². The molecule has 5 heteroatoms. The van der Waals surface area contributed by atoms with Gasteiger partial charge in [0.15, 0.2) is 0 Å². The summed E-state index contributed by atoms with van der Waals surface area (Å²) < 4.78 is 0. The van der Waals surface area contributed by atoms with Gasteiger partial charge in [0.25, 0.3) is 0 Å². The third kappa shape index (κ3) is 28.4. The van der Waals surface area contributed by atoms with Crippen molar-refractivity contribution in [3.8, 4) is 0 Å². The number of hydrogen-bond donors (Lipinski definition) is 4. The van der Waals surface area contributed by atoms with Crippen molar-refractivity contribution in [3.63, 3.8) is 0 Å². The lowest BCUT2D eigenvalue weighted by molar-refractivity contribution is 0.131. The van der Waals surface area contributed by atoms with E-state index in [2.05, 4.69) is 6.58 Å². The smallest absolute Gasteiger partial charge is 0.450 e. The molecule has 0 aliphatic heterocycles. The first-order valence-corrected chi connectivity index (χ1v) is 2.38. The molecule has 0 saturated heterocycles. The van der Waals surface area contributed by atoms with Crippen molar-refractivity contribution in [2.45, 2.75) is 6.10 Å². The van der Waals surface area contributed by atoms with Crippen molar-refractivity contribution < 1.29 is 25.2 Å². The molecule has 1 atom stereocenters. The fourth-order valence-electron chi connectivity index (χ4n) is 0.0745. The summed E-state index contributed by atoms with van der Waals surface area (Å²) in [5, 5.41) is 30.3. The van der Waals surface area contributed by atoms with Crippen LogP contribution in [-0.2, 0) is 0 Å². The van der Waals surface area contributed by atoms with E-state index < -0.39 is 12.3 Å². The molecule has 0 amide bonds. The second-order valence-corrected chi connectivity index (χ2v) is 1.27. The van der Waals surface area contributed by atoms with Gasteiger partial charge in [-0.05, 0) is 0 Å². The van der Waals surface area contributed by atoms with Gasteiger partial charge in [-0.2, -0.15) is 0 Å². The predicted octanol–water partition coefficient (Wildman–Crippen LogP) is -0.252. The van der Waals surface area contributed by atoms with E-state index >= 15 is 0 Å². The Morgan fingerprint density at radius 2 is 1.90 bits per heavy atom. The Balaban J connectivity index is 0. The van der Waals surface area contributed by atoms with Crippen LogP contribution >= 0.6 is 0 Å². The minimum Gasteiger partial charge on any atom is -0.450 e. The van der Waals surface area contributed by atoms with Crippen LogP contribution in [0.3, 0.4) is 0 Å². The first kappa shape index (κ1) is 11.7. The molecule has 0 radical (unpaired) electrons. The van der Waals surface area contributed by atoms with Gasteiger partial charge in [0.2, 0.25) is 0 Å². The molecule has 5 nitrogen and oxygen atoms in total. The van der Waals surface area contributed by atoms with Crippen LogP contribution in [0.1, 0.15) is 0 Å². The fourth-order valence-corrected chi connectivity index (χ4v) is 0.0745. The summed E-state index contributed by atoms with van der Waals surface area (Å²) in [4.78, 5) is 8.56. The number of carboxylic acid groups (broad SMARTS) is 2. The standard InChI is InChI=1S/C4H8O2.CH2O3/c1-2-4(6)3-5;2-1(3)4/h2,4-6H,1,3H2;(H2,2,3,4). The zero-order chi connectivity index (χ0) is 8.57. The maximum Gasteiger partial charge on any atom is 0.503 e. The van der Waals surface area contributed by atoms with Gasteiger partial charge in [0, 0.05) is 0 Å². The Bertz CT molecular complexity index is 96.2. The molecule has 60 valence electrons. The predicted molar refractivity (Wildman–Crippen MR) is 33.9 cm³/mol. The Morgan fingerprint density at radius 1 is 1.60 bits per heavy atom. The molecule has 0 fully saturated rings. The molecule has 0 aromatic rings. The summed E-state index contributed by atoms with van der Waals surface area (Å²) >= 11 is 0. The highest BCUT2D eigenvalue weighted by Crippen LogP contribution is 1.75. The minimum absolute atomic E-state index is 0.233. The zero-order valence-corrected chi connectivity index (χ0v) is 5.27. The fraction of sp³-hybridized carbons (Fsp3) is 0.400. The van der Waals surface area contributed by atoms with Crippen LogP contribution in [0.2, 0.25) is 0 Å². The molecule has 0 aromatic carbocycles. The van der Waals surface area contributed by atoms with E-state index in [-0.39, 0.29) is 6.61 Å². The van der Waals surface area contributed by atoms with Gasteiger partial charge in [-0.15, -0.1) is 6.58 Å². The third-order valence-electron chi connectivity index (χ3n) is 0.459. The summed E-state index contributed by atoms with van der Waals surface area (Å²) in [6, 6.07) is 0. The quantitative estimate of drug-likeness (QED) is 0.407. The lowest BCUT2D eigenvalue weighted by Crippen LogP contribution is -2.05. The number of rotatable bonds is 2. The monoisotopic (exact) mass is 150 g/mol. The lowest BCUT2D eigenvalue weighted by Gasteiger charge is -1.93. The van der Waals surface area contributed by atoms with E-state index in [4.69, 9.17) is 25.2 Å². The van der Waals surface area contributed by atoms with Crippen molar-refractivity contribution in [3.05, 3.63) is 12.7 Å². The lowest BCUT2D eigenvalue weighted by atomic mass is 10.4. The molecule has 0 heterocycles. The minimum atomic E-state index is -1.83. The SMILES string of the molecule is C=CC(O)CO.O=C(O)O. The second kappa shape index (κ2) is 7.93. The van der Waals surface area contributed by atoms with Gasteiger partial charge < -0.3 is 20.4 Å². The van der Waals surface area contributed by atoms with Gasteiger partial charge in [-0.25, -0.2) is 4.79 Å². The summed E-state index contributed by atoms with van der Waals surface area (Å²) in [5.74, 6) is 0. The number of carbonyl (C=O) groups is 1. The molecule has 0 saturated carbocycles. The summed E-state index contributed by atoms with van der Waals surface area (Å²) in [7, 11) is 0. The van der Waals surface area contributed by atoms with E-state index in [1.54, 1.807) is 0 Å². The molecule has 0 bridgehead atoms. The summed E-state index contributed by atoms with van der Waals surface area (Å²) in [6.45, 7) is 2.99. The van der Waals surface area contributed by atoms with Gasteiger partial charge in [0.1, 0.15) is 0 Å². The molecule has 0 aliphatic carbocycles. The summed E-state index contributed by atoms with van der Waals surface area (Å²) in [5.41, 5.74) is 0. The van der Waals surface area contributed by atoms with Crippen molar-refractivity contribution in [1.29, 1.82) is 0 Å². The molecule has 0 aromatic heterocycles. The van der Waals surface area contributed by atoms with Crippen LogP contribution < -0.4 is 0 Å². The van der Waals surface area contributed by atoms with Crippen molar-refractivity contribution in [1.82, 2.24) is 0 Å². The van der Waals surface area contributed by atoms with Crippen LogP contribution in [-0.4, -0.2) is 39.3 Å². The molecular weight excluding hydrogens is 140 g/mol. The first-order chi connectivity index (χ1) is 4.54. The number of aliphatic hydroxyl groups excluding tert-OH is 2. The van der Waals surface area contributed by atoms with Crippen LogP contribution in [0.15, 0.2) is 12.7 Å². The number of hydrogen-bond acceptors (Lipinski definition) is 3. The van der Waals surface area contributed by atoms with Gasteiger partial charge >= 0.3 is 6.16 Å². The second-order valence-electron chi connectivity index (χ2n) is 1.27. The molecule has 0 rings (SSSR count). The molecule has 1 unspecified atom stereocenters. The maximum absolute atomic E-state index is 8.56. The average molecular weight is 150 g/mol. The van der Waals surface area contributed by atoms with Crippen molar-refractivity contribution >= 4 is 6.16 Å². The van der Waals surface area contributed by atoms with E-state index in [1.165, 1.54) is 6.08 Å². The molecule has 0 aliphatic rings. The maximum atomic E-state index is 8.56. The Labute approximate surface area is 57.9 Å². The van der Waals surface area contributed by atoms with Crippen LogP contribution in [0.25, 0.3) is 0 Å². The zero-order valence-electron chi connectivity index (χ0n) is 5.27. The van der Waals surface area contributed by atoms with Gasteiger partial charge in [-0.1, -0.05) is 6.08 Å². The van der Waals surface area contributed by atoms with E-state index in [0.717, 1.165) is 0 Å². The Kier molecular flexibility index (Phi) is 9.27. The Hall–Kier alpha value is -1.07. The highest BCUT2D eigenvalue weighted by molar-refractivity contribution is 5.53. The highest BCUT2D eigenvalue weighted by atomic mass is 16.6. The normalized spacial score (nSPS) is 10.6. The molecule has 0 spiro atoms. The molecule has 4 N–H and O–H groups in total. The third-order valence-corrected chi connectivity index (χ3v) is 0.459. The average Bonchev–Trinajstić information content (AvgIpc) is 1.85. The number of aliphatic hydroxyl groups is 2. The highest BCUT2D eigenvalue weighted by Gasteiger charge is 1.87. The van der Waals surface area contributed by atoms with Crippen LogP contribution in [0.4, 0.5) is 4.79 Å². The van der Waals surface area contributed by atoms with E-state index in [0.29, 0.717) is 0 Å². The first-order valence-electron chi connectivity index (χ1n) is 2.38. The van der Waals surface area contributed by atoms with Gasteiger partial charge in [0.05, 0.1) is 12.7 Å². The Morgan fingerprint density at radius 3 is 1.90 bits per heavy atom.